The summed E-state index contributed by atoms with van der Waals surface area (Å²) in [6, 6.07) is 3.05. The molecule has 0 radical (unpaired) electrons. The maximum atomic E-state index is 13.1. The van der Waals surface area contributed by atoms with Gasteiger partial charge in [-0.05, 0) is 18.2 Å². The Hall–Kier alpha value is -1.80. The topological polar surface area (TPSA) is 60.5 Å². The third-order valence-corrected chi connectivity index (χ3v) is 4.85. The van der Waals surface area contributed by atoms with Gasteiger partial charge < -0.3 is 15.1 Å². The molecule has 0 spiro atoms. The lowest BCUT2D eigenvalue weighted by Crippen LogP contribution is -2.46. The molecule has 0 saturated carbocycles. The molecule has 6 nitrogen and oxygen atoms in total. The van der Waals surface area contributed by atoms with E-state index in [1.807, 2.05) is 12.1 Å². The van der Waals surface area contributed by atoms with Crippen LogP contribution < -0.4 is 15.5 Å². The number of carbonyl (C=O) groups excluding carboxylic acids is 1. The van der Waals surface area contributed by atoms with Crippen LogP contribution in [-0.4, -0.2) is 67.0 Å². The summed E-state index contributed by atoms with van der Waals surface area (Å²) in [5.41, 5.74) is 0.856. The number of piperazine rings is 1. The number of halogens is 2. The van der Waals surface area contributed by atoms with Crippen LogP contribution >= 0.6 is 0 Å². The molecule has 2 saturated heterocycles. The molecular formula is C17H25F2N5O. The van der Waals surface area contributed by atoms with Crippen molar-refractivity contribution in [3.63, 3.8) is 0 Å². The lowest BCUT2D eigenvalue weighted by molar-refractivity contribution is -0.123. The average Bonchev–Trinajstić information content (AvgIpc) is 3.00. The van der Waals surface area contributed by atoms with E-state index in [4.69, 9.17) is 0 Å². The lowest BCUT2D eigenvalue weighted by atomic mass is 10.2. The molecule has 2 N–H and O–H groups in total. The zero-order valence-corrected chi connectivity index (χ0v) is 14.5. The standard InChI is InChI=1S/C17H25F2N5O/c1-2-23-5-7-24(8-6-23)15-4-3-13(10-20-15)11-21-16(25)14-9-17(18,19)12-22-14/h3-4,10,14,22H,2,5-9,11-12H2,1H3,(H,21,25). The van der Waals surface area contributed by atoms with Crippen molar-refractivity contribution in [3.8, 4) is 0 Å². The Morgan fingerprint density at radius 2 is 2.12 bits per heavy atom. The first kappa shape index (κ1) is 18.0. The van der Waals surface area contributed by atoms with Crippen LogP contribution in [0.3, 0.4) is 0 Å². The average molecular weight is 353 g/mol. The minimum Gasteiger partial charge on any atom is -0.354 e. The summed E-state index contributed by atoms with van der Waals surface area (Å²) in [4.78, 5) is 21.1. The predicted octanol–water partition coefficient (Wildman–Crippen LogP) is 0.837. The highest BCUT2D eigenvalue weighted by atomic mass is 19.3. The molecule has 25 heavy (non-hydrogen) atoms. The molecule has 0 bridgehead atoms. The highest BCUT2D eigenvalue weighted by Gasteiger charge is 2.42. The van der Waals surface area contributed by atoms with E-state index in [-0.39, 0.29) is 0 Å². The van der Waals surface area contributed by atoms with E-state index in [2.05, 4.69) is 32.3 Å². The lowest BCUT2D eigenvalue weighted by Gasteiger charge is -2.34. The van der Waals surface area contributed by atoms with Gasteiger partial charge in [0.25, 0.3) is 5.92 Å². The Morgan fingerprint density at radius 3 is 2.68 bits per heavy atom. The van der Waals surface area contributed by atoms with E-state index in [0.29, 0.717) is 6.54 Å². The van der Waals surface area contributed by atoms with Crippen molar-refractivity contribution in [3.05, 3.63) is 23.9 Å². The monoisotopic (exact) mass is 353 g/mol. The van der Waals surface area contributed by atoms with Gasteiger partial charge in [-0.2, -0.15) is 0 Å². The summed E-state index contributed by atoms with van der Waals surface area (Å²) in [7, 11) is 0. The number of amides is 1. The van der Waals surface area contributed by atoms with Crippen molar-refractivity contribution in [1.29, 1.82) is 0 Å². The zero-order chi connectivity index (χ0) is 17.9. The molecule has 1 unspecified atom stereocenters. The molecule has 3 heterocycles. The number of nitrogens with one attached hydrogen (secondary N) is 2. The fraction of sp³-hybridized carbons (Fsp3) is 0.647. The summed E-state index contributed by atoms with van der Waals surface area (Å²) in [5.74, 6) is -2.26. The molecule has 1 atom stereocenters. The maximum absolute atomic E-state index is 13.1. The number of carbonyl (C=O) groups is 1. The van der Waals surface area contributed by atoms with Gasteiger partial charge in [0.2, 0.25) is 5.91 Å². The zero-order valence-electron chi connectivity index (χ0n) is 14.5. The van der Waals surface area contributed by atoms with E-state index >= 15 is 0 Å². The van der Waals surface area contributed by atoms with Gasteiger partial charge in [0, 0.05) is 45.3 Å². The van der Waals surface area contributed by atoms with Gasteiger partial charge in [0.05, 0.1) is 12.6 Å². The molecular weight excluding hydrogens is 328 g/mol. The minimum absolute atomic E-state index is 0.291. The van der Waals surface area contributed by atoms with Crippen LogP contribution in [0.1, 0.15) is 18.9 Å². The fourth-order valence-corrected chi connectivity index (χ4v) is 3.21. The summed E-state index contributed by atoms with van der Waals surface area (Å²) in [5, 5.41) is 5.25. The molecule has 2 fully saturated rings. The highest BCUT2D eigenvalue weighted by Crippen LogP contribution is 2.25. The first-order valence-corrected chi connectivity index (χ1v) is 8.78. The number of anilines is 1. The van der Waals surface area contributed by atoms with E-state index in [1.165, 1.54) is 0 Å². The third-order valence-electron chi connectivity index (χ3n) is 4.85. The summed E-state index contributed by atoms with van der Waals surface area (Å²) in [6.45, 7) is 7.08. The predicted molar refractivity (Wildman–Crippen MR) is 91.8 cm³/mol. The molecule has 0 aromatic carbocycles. The van der Waals surface area contributed by atoms with E-state index in [1.54, 1.807) is 6.20 Å². The quantitative estimate of drug-likeness (QED) is 0.821. The maximum Gasteiger partial charge on any atom is 0.262 e. The molecule has 1 aromatic rings. The molecule has 0 aliphatic carbocycles. The molecule has 2 aliphatic heterocycles. The minimum atomic E-state index is -2.80. The Morgan fingerprint density at radius 1 is 1.36 bits per heavy atom. The number of hydrogen-bond acceptors (Lipinski definition) is 5. The second-order valence-corrected chi connectivity index (χ2v) is 6.66. The highest BCUT2D eigenvalue weighted by molar-refractivity contribution is 5.82. The van der Waals surface area contributed by atoms with Gasteiger partial charge in [0.1, 0.15) is 5.82 Å². The molecule has 3 rings (SSSR count). The molecule has 2 aliphatic rings. The van der Waals surface area contributed by atoms with Crippen LogP contribution in [0.2, 0.25) is 0 Å². The van der Waals surface area contributed by atoms with Crippen LogP contribution in [-0.2, 0) is 11.3 Å². The molecule has 1 aromatic heterocycles. The third kappa shape index (κ3) is 4.64. The fourth-order valence-electron chi connectivity index (χ4n) is 3.21. The SMILES string of the molecule is CCN1CCN(c2ccc(CNC(=O)C3CC(F)(F)CN3)cn2)CC1. The largest absolute Gasteiger partial charge is 0.354 e. The summed E-state index contributed by atoms with van der Waals surface area (Å²) in [6.07, 6.45) is 1.29. The first-order chi connectivity index (χ1) is 12.0. The number of pyridine rings is 1. The Labute approximate surface area is 146 Å². The number of rotatable bonds is 5. The van der Waals surface area contributed by atoms with Gasteiger partial charge in [-0.15, -0.1) is 0 Å². The number of hydrogen-bond donors (Lipinski definition) is 2. The van der Waals surface area contributed by atoms with E-state index < -0.39 is 30.8 Å². The Bertz CT molecular complexity index is 587. The molecule has 8 heteroatoms. The van der Waals surface area contributed by atoms with Crippen LogP contribution in [0, 0.1) is 0 Å². The van der Waals surface area contributed by atoms with Gasteiger partial charge in [-0.3, -0.25) is 10.1 Å². The van der Waals surface area contributed by atoms with Crippen molar-refractivity contribution in [2.45, 2.75) is 31.9 Å². The van der Waals surface area contributed by atoms with Crippen molar-refractivity contribution in [2.24, 2.45) is 0 Å². The van der Waals surface area contributed by atoms with Crippen molar-refractivity contribution >= 4 is 11.7 Å². The Kier molecular flexibility index (Phi) is 5.48. The van der Waals surface area contributed by atoms with Crippen molar-refractivity contribution in [2.75, 3.05) is 44.2 Å². The second kappa shape index (κ2) is 7.61. The van der Waals surface area contributed by atoms with Crippen LogP contribution in [0.4, 0.5) is 14.6 Å². The molecule has 1 amide bonds. The number of likely N-dealkylation sites (N-methyl/N-ethyl adjacent to an activating group) is 1. The summed E-state index contributed by atoms with van der Waals surface area (Å²) >= 11 is 0. The van der Waals surface area contributed by atoms with Crippen LogP contribution in [0.25, 0.3) is 0 Å². The van der Waals surface area contributed by atoms with Crippen LogP contribution in [0.5, 0.6) is 0 Å². The van der Waals surface area contributed by atoms with Gasteiger partial charge in [-0.1, -0.05) is 13.0 Å². The first-order valence-electron chi connectivity index (χ1n) is 8.78. The van der Waals surface area contributed by atoms with Gasteiger partial charge in [0.15, 0.2) is 0 Å². The normalized spacial score (nSPS) is 23.6. The summed E-state index contributed by atoms with van der Waals surface area (Å²) < 4.78 is 26.3. The number of nitrogens with zero attached hydrogens (tertiary/aromatic N) is 3. The number of alkyl halides is 2. The molecule has 138 valence electrons. The van der Waals surface area contributed by atoms with E-state index in [9.17, 15) is 13.6 Å². The van der Waals surface area contributed by atoms with Gasteiger partial charge in [-0.25, -0.2) is 13.8 Å². The smallest absolute Gasteiger partial charge is 0.262 e. The van der Waals surface area contributed by atoms with Crippen LogP contribution in [0.15, 0.2) is 18.3 Å². The second-order valence-electron chi connectivity index (χ2n) is 6.66. The van der Waals surface area contributed by atoms with Gasteiger partial charge >= 0.3 is 0 Å². The van der Waals surface area contributed by atoms with E-state index in [0.717, 1.165) is 44.1 Å². The van der Waals surface area contributed by atoms with Crippen molar-refractivity contribution < 1.29 is 13.6 Å². The van der Waals surface area contributed by atoms with Crippen molar-refractivity contribution in [1.82, 2.24) is 20.5 Å². The number of aromatic nitrogens is 1. The Balaban J connectivity index is 1.47.